The number of halogens is 2. The van der Waals surface area contributed by atoms with Gasteiger partial charge in [0.15, 0.2) is 6.61 Å². The molecule has 1 aliphatic heterocycles. The highest BCUT2D eigenvalue weighted by Crippen LogP contribution is 2.26. The Labute approximate surface area is 186 Å². The normalized spacial score (nSPS) is 19.2. The largest absolute Gasteiger partial charge is 0.482 e. The first-order valence-corrected chi connectivity index (χ1v) is 10.4. The standard InChI is InChI=1S/C23H26ClFN2O4/c1-15-12-27(16(2)11-26(15)13-17-4-7-19(25)8-5-17)22(28)14-31-21-9-6-18(10-20(21)24)23(29)30-3/h4-10,15-16H,11-14H2,1-3H3/t15-,16+/m0/s1. The van der Waals surface area contributed by atoms with Gasteiger partial charge in [-0.2, -0.15) is 0 Å². The van der Waals surface area contributed by atoms with Gasteiger partial charge in [-0.05, 0) is 49.7 Å². The number of hydrogen-bond donors (Lipinski definition) is 0. The summed E-state index contributed by atoms with van der Waals surface area (Å²) in [6.07, 6.45) is 0. The minimum Gasteiger partial charge on any atom is -0.482 e. The summed E-state index contributed by atoms with van der Waals surface area (Å²) in [5.74, 6) is -0.543. The van der Waals surface area contributed by atoms with Crippen LogP contribution in [0.3, 0.4) is 0 Å². The van der Waals surface area contributed by atoms with E-state index in [1.165, 1.54) is 31.4 Å². The van der Waals surface area contributed by atoms with Gasteiger partial charge in [-0.3, -0.25) is 9.69 Å². The minimum absolute atomic E-state index is 0.00456. The van der Waals surface area contributed by atoms with Crippen LogP contribution in [0.15, 0.2) is 42.5 Å². The molecule has 0 N–H and O–H groups in total. The van der Waals surface area contributed by atoms with E-state index in [9.17, 15) is 14.0 Å². The van der Waals surface area contributed by atoms with Crippen molar-refractivity contribution in [3.63, 3.8) is 0 Å². The second-order valence-corrected chi connectivity index (χ2v) is 8.13. The molecule has 8 heteroatoms. The number of rotatable bonds is 6. The predicted molar refractivity (Wildman–Crippen MR) is 116 cm³/mol. The lowest BCUT2D eigenvalue weighted by Crippen LogP contribution is -2.58. The van der Waals surface area contributed by atoms with Gasteiger partial charge >= 0.3 is 5.97 Å². The molecule has 1 saturated heterocycles. The van der Waals surface area contributed by atoms with Crippen LogP contribution in [-0.4, -0.2) is 60.6 Å². The molecule has 1 aliphatic rings. The van der Waals surface area contributed by atoms with Crippen molar-refractivity contribution in [2.75, 3.05) is 26.8 Å². The van der Waals surface area contributed by atoms with Gasteiger partial charge in [-0.15, -0.1) is 0 Å². The predicted octanol–water partition coefficient (Wildman–Crippen LogP) is 3.77. The van der Waals surface area contributed by atoms with Crippen molar-refractivity contribution in [3.05, 3.63) is 64.4 Å². The van der Waals surface area contributed by atoms with Crippen LogP contribution in [0.2, 0.25) is 5.02 Å². The first kappa shape index (κ1) is 23.0. The number of esters is 1. The molecule has 0 spiro atoms. The van der Waals surface area contributed by atoms with Crippen LogP contribution in [0.4, 0.5) is 4.39 Å². The van der Waals surface area contributed by atoms with E-state index in [2.05, 4.69) is 16.6 Å². The van der Waals surface area contributed by atoms with Crippen molar-refractivity contribution in [3.8, 4) is 5.75 Å². The van der Waals surface area contributed by atoms with Crippen LogP contribution in [0.25, 0.3) is 0 Å². The minimum atomic E-state index is -0.495. The number of carbonyl (C=O) groups excluding carboxylic acids is 2. The van der Waals surface area contributed by atoms with Gasteiger partial charge in [0.05, 0.1) is 17.7 Å². The zero-order valence-corrected chi connectivity index (χ0v) is 18.6. The van der Waals surface area contributed by atoms with Gasteiger partial charge in [0.2, 0.25) is 0 Å². The summed E-state index contributed by atoms with van der Waals surface area (Å²) in [4.78, 5) is 28.4. The van der Waals surface area contributed by atoms with Crippen molar-refractivity contribution in [2.24, 2.45) is 0 Å². The highest BCUT2D eigenvalue weighted by atomic mass is 35.5. The molecular weight excluding hydrogens is 423 g/mol. The average Bonchev–Trinajstić information content (AvgIpc) is 2.75. The lowest BCUT2D eigenvalue weighted by Gasteiger charge is -2.44. The maximum Gasteiger partial charge on any atom is 0.337 e. The fraction of sp³-hybridized carbons (Fsp3) is 0.391. The second kappa shape index (κ2) is 10.1. The summed E-state index contributed by atoms with van der Waals surface area (Å²) in [7, 11) is 1.29. The smallest absolute Gasteiger partial charge is 0.337 e. The van der Waals surface area contributed by atoms with Crippen LogP contribution in [0.5, 0.6) is 5.75 Å². The number of methoxy groups -OCH3 is 1. The Kier molecular flexibility index (Phi) is 7.51. The van der Waals surface area contributed by atoms with E-state index in [4.69, 9.17) is 16.3 Å². The second-order valence-electron chi connectivity index (χ2n) is 7.73. The van der Waals surface area contributed by atoms with E-state index >= 15 is 0 Å². The van der Waals surface area contributed by atoms with E-state index in [0.717, 1.165) is 5.56 Å². The number of nitrogens with zero attached hydrogens (tertiary/aromatic N) is 2. The summed E-state index contributed by atoms with van der Waals surface area (Å²) in [5, 5.41) is 0.237. The Balaban J connectivity index is 1.56. The van der Waals surface area contributed by atoms with E-state index < -0.39 is 5.97 Å². The molecular formula is C23H26ClFN2O4. The lowest BCUT2D eigenvalue weighted by atomic mass is 10.1. The van der Waals surface area contributed by atoms with Crippen molar-refractivity contribution < 1.29 is 23.5 Å². The summed E-state index contributed by atoms with van der Waals surface area (Å²) < 4.78 is 23.4. The van der Waals surface area contributed by atoms with Crippen LogP contribution < -0.4 is 4.74 Å². The molecule has 3 rings (SSSR count). The molecule has 0 aromatic heterocycles. The summed E-state index contributed by atoms with van der Waals surface area (Å²) in [6.45, 7) is 5.90. The van der Waals surface area contributed by atoms with E-state index in [1.807, 2.05) is 11.8 Å². The molecule has 6 nitrogen and oxygen atoms in total. The van der Waals surface area contributed by atoms with Gasteiger partial charge in [0.1, 0.15) is 11.6 Å². The van der Waals surface area contributed by atoms with Crippen molar-refractivity contribution in [2.45, 2.75) is 32.5 Å². The molecule has 0 unspecified atom stereocenters. The Hall–Kier alpha value is -2.64. The van der Waals surface area contributed by atoms with Gasteiger partial charge in [-0.1, -0.05) is 23.7 Å². The third-order valence-electron chi connectivity index (χ3n) is 5.44. The number of hydrogen-bond acceptors (Lipinski definition) is 5. The molecule has 2 aromatic carbocycles. The fourth-order valence-electron chi connectivity index (χ4n) is 3.68. The van der Waals surface area contributed by atoms with Gasteiger partial charge in [-0.25, -0.2) is 9.18 Å². The molecule has 0 aliphatic carbocycles. The number of benzene rings is 2. The zero-order chi connectivity index (χ0) is 22.5. The van der Waals surface area contributed by atoms with Gasteiger partial charge < -0.3 is 14.4 Å². The number of piperazine rings is 1. The average molecular weight is 449 g/mol. The van der Waals surface area contributed by atoms with Crippen molar-refractivity contribution in [1.29, 1.82) is 0 Å². The molecule has 166 valence electrons. The molecule has 0 radical (unpaired) electrons. The Bertz CT molecular complexity index is 938. The molecule has 2 aromatic rings. The van der Waals surface area contributed by atoms with E-state index in [0.29, 0.717) is 30.9 Å². The zero-order valence-electron chi connectivity index (χ0n) is 17.8. The van der Waals surface area contributed by atoms with E-state index in [-0.39, 0.29) is 35.4 Å². The summed E-state index contributed by atoms with van der Waals surface area (Å²) >= 11 is 6.17. The molecule has 1 fully saturated rings. The monoisotopic (exact) mass is 448 g/mol. The molecule has 0 saturated carbocycles. The maximum absolute atomic E-state index is 13.1. The Morgan fingerprint density at radius 2 is 1.81 bits per heavy atom. The third kappa shape index (κ3) is 5.74. The first-order chi connectivity index (χ1) is 14.8. The molecule has 1 amide bonds. The highest BCUT2D eigenvalue weighted by molar-refractivity contribution is 6.32. The maximum atomic E-state index is 13.1. The number of carbonyl (C=O) groups is 2. The molecule has 1 heterocycles. The van der Waals surface area contributed by atoms with Crippen LogP contribution in [-0.2, 0) is 16.1 Å². The van der Waals surface area contributed by atoms with Crippen molar-refractivity contribution >= 4 is 23.5 Å². The quantitative estimate of drug-likeness (QED) is 0.630. The first-order valence-electron chi connectivity index (χ1n) is 10.1. The lowest BCUT2D eigenvalue weighted by molar-refractivity contribution is -0.139. The summed E-state index contributed by atoms with van der Waals surface area (Å²) in [6, 6.07) is 11.2. The van der Waals surface area contributed by atoms with Crippen LogP contribution >= 0.6 is 11.6 Å². The van der Waals surface area contributed by atoms with Crippen LogP contribution in [0.1, 0.15) is 29.8 Å². The third-order valence-corrected chi connectivity index (χ3v) is 5.73. The molecule has 31 heavy (non-hydrogen) atoms. The number of amides is 1. The van der Waals surface area contributed by atoms with E-state index in [1.54, 1.807) is 18.2 Å². The van der Waals surface area contributed by atoms with Crippen molar-refractivity contribution in [1.82, 2.24) is 9.80 Å². The number of ether oxygens (including phenoxy) is 2. The van der Waals surface area contributed by atoms with Gasteiger partial charge in [0, 0.05) is 31.7 Å². The molecule has 2 atom stereocenters. The topological polar surface area (TPSA) is 59.1 Å². The SMILES string of the molecule is COC(=O)c1ccc(OCC(=O)N2C[C@H](C)N(Cc3ccc(F)cc3)C[C@H]2C)c(Cl)c1. The molecule has 0 bridgehead atoms. The van der Waals surface area contributed by atoms with Crippen LogP contribution in [0, 0.1) is 5.82 Å². The highest BCUT2D eigenvalue weighted by Gasteiger charge is 2.32. The van der Waals surface area contributed by atoms with Gasteiger partial charge in [0.25, 0.3) is 5.91 Å². The fourth-order valence-corrected chi connectivity index (χ4v) is 3.91. The Morgan fingerprint density at radius 1 is 1.10 bits per heavy atom. The summed E-state index contributed by atoms with van der Waals surface area (Å²) in [5.41, 5.74) is 1.35. The Morgan fingerprint density at radius 3 is 2.45 bits per heavy atom.